The molecule has 0 aliphatic carbocycles. The largest absolute Gasteiger partial charge is 0.496 e. The van der Waals surface area contributed by atoms with Gasteiger partial charge in [0.15, 0.2) is 10.9 Å². The molecule has 2 N–H and O–H groups in total. The number of carbonyl (C=O) groups is 1. The summed E-state index contributed by atoms with van der Waals surface area (Å²) < 4.78 is 11.1. The van der Waals surface area contributed by atoms with Crippen molar-refractivity contribution < 1.29 is 19.1 Å². The predicted octanol–water partition coefficient (Wildman–Crippen LogP) is 6.75. The third-order valence-corrected chi connectivity index (χ3v) is 6.49. The number of aromatic amines is 1. The van der Waals surface area contributed by atoms with Crippen molar-refractivity contribution in [1.82, 2.24) is 15.2 Å². The van der Waals surface area contributed by atoms with Gasteiger partial charge in [-0.15, -0.1) is 5.10 Å². The molecular weight excluding hydrogens is 505 g/mol. The number of carboxylic acid groups (broad SMARTS) is 1. The Kier molecular flexibility index (Phi) is 7.34. The first kappa shape index (κ1) is 23.3. The lowest BCUT2D eigenvalue weighted by atomic mass is 10.2. The van der Waals surface area contributed by atoms with Crippen LogP contribution in [-0.2, 0) is 4.79 Å². The van der Waals surface area contributed by atoms with Crippen LogP contribution in [0, 0.1) is 0 Å². The summed E-state index contributed by atoms with van der Waals surface area (Å²) in [5.41, 5.74) is 0.611. The molecule has 2 aromatic heterocycles. The Morgan fingerprint density at radius 3 is 2.61 bits per heavy atom. The number of nitrogens with zero attached hydrogens (tertiary/aromatic N) is 2. The first-order chi connectivity index (χ1) is 15.9. The number of H-pyrrole nitrogens is 1. The average molecular weight is 520 g/mol. The number of ether oxygens (including phenoxy) is 1. The molecule has 0 amide bonds. The number of rotatable bonds is 8. The van der Waals surface area contributed by atoms with Crippen LogP contribution in [0.25, 0.3) is 17.5 Å². The monoisotopic (exact) mass is 519 g/mol. The van der Waals surface area contributed by atoms with Crippen molar-refractivity contribution in [3.8, 4) is 17.1 Å². The van der Waals surface area contributed by atoms with Gasteiger partial charge in [-0.3, -0.25) is 5.10 Å². The van der Waals surface area contributed by atoms with Crippen LogP contribution in [0.5, 0.6) is 5.75 Å². The van der Waals surface area contributed by atoms with Crippen molar-refractivity contribution in [1.29, 1.82) is 0 Å². The normalized spacial score (nSPS) is 11.5. The van der Waals surface area contributed by atoms with Gasteiger partial charge in [0.2, 0.25) is 5.16 Å². The minimum atomic E-state index is -1.13. The van der Waals surface area contributed by atoms with E-state index in [9.17, 15) is 9.90 Å². The van der Waals surface area contributed by atoms with Gasteiger partial charge in [0, 0.05) is 21.0 Å². The van der Waals surface area contributed by atoms with Crippen LogP contribution in [0.15, 0.2) is 79.1 Å². The van der Waals surface area contributed by atoms with Crippen LogP contribution >= 0.6 is 46.7 Å². The van der Waals surface area contributed by atoms with Crippen molar-refractivity contribution in [2.24, 2.45) is 0 Å². The average Bonchev–Trinajstić information content (AvgIpc) is 3.44. The third kappa shape index (κ3) is 5.94. The van der Waals surface area contributed by atoms with Gasteiger partial charge in [0.05, 0.1) is 12.7 Å². The molecule has 0 aliphatic rings. The summed E-state index contributed by atoms with van der Waals surface area (Å²) in [7, 11) is 1.53. The molecule has 0 unspecified atom stereocenters. The second kappa shape index (κ2) is 10.4. The fraction of sp³-hybridized carbons (Fsp3) is 0.0455. The third-order valence-electron chi connectivity index (χ3n) is 4.20. The van der Waals surface area contributed by atoms with E-state index in [-0.39, 0.29) is 10.1 Å². The smallest absolute Gasteiger partial charge is 0.342 e. The molecule has 4 rings (SSSR count). The molecule has 0 saturated carbocycles. The number of halogens is 2. The van der Waals surface area contributed by atoms with Gasteiger partial charge in [-0.2, -0.15) is 0 Å². The highest BCUT2D eigenvalue weighted by molar-refractivity contribution is 8.04. The van der Waals surface area contributed by atoms with Crippen molar-refractivity contribution >= 4 is 58.8 Å². The summed E-state index contributed by atoms with van der Waals surface area (Å²) >= 11 is 14.3. The SMILES string of the molecule is COc1ccc(Cl)cc1-c1nc(S/C(=C\c2ccc(Sc3ccc(Cl)cc3)o2)C(=O)O)n[nH]1. The standard InChI is InChI=1S/C22H15Cl2N3O4S2/c1-30-17-8-4-13(24)10-16(17)20-25-22(27-26-20)33-18(21(28)29)11-14-5-9-19(31-14)32-15-6-2-12(23)3-7-15/h2-11H,1H3,(H,28,29)(H,25,26,27)/b18-11-. The number of furan rings is 1. The van der Waals surface area contributed by atoms with Gasteiger partial charge >= 0.3 is 5.97 Å². The highest BCUT2D eigenvalue weighted by Crippen LogP contribution is 2.34. The number of hydrogen-bond donors (Lipinski definition) is 2. The minimum absolute atomic E-state index is 0.00370. The topological polar surface area (TPSA) is 101 Å². The molecular formula is C22H15Cl2N3O4S2. The van der Waals surface area contributed by atoms with E-state index in [4.69, 9.17) is 32.4 Å². The van der Waals surface area contributed by atoms with Crippen molar-refractivity contribution in [2.45, 2.75) is 15.1 Å². The molecule has 0 aliphatic heterocycles. The van der Waals surface area contributed by atoms with Crippen LogP contribution in [0.1, 0.15) is 5.76 Å². The summed E-state index contributed by atoms with van der Waals surface area (Å²) in [5.74, 6) is 0.224. The summed E-state index contributed by atoms with van der Waals surface area (Å²) in [6.45, 7) is 0. The maximum Gasteiger partial charge on any atom is 0.342 e. The van der Waals surface area contributed by atoms with E-state index in [1.54, 1.807) is 42.5 Å². The Morgan fingerprint density at radius 1 is 1.12 bits per heavy atom. The quantitative estimate of drug-likeness (QED) is 0.194. The lowest BCUT2D eigenvalue weighted by Crippen LogP contribution is -1.97. The molecule has 0 bridgehead atoms. The van der Waals surface area contributed by atoms with Gasteiger partial charge in [0.1, 0.15) is 16.4 Å². The van der Waals surface area contributed by atoms with Crippen molar-refractivity contribution in [3.05, 3.63) is 75.3 Å². The lowest BCUT2D eigenvalue weighted by molar-refractivity contribution is -0.131. The molecule has 0 saturated heterocycles. The zero-order valence-electron chi connectivity index (χ0n) is 16.9. The maximum atomic E-state index is 11.8. The van der Waals surface area contributed by atoms with E-state index in [0.29, 0.717) is 38.0 Å². The number of hydrogen-bond acceptors (Lipinski definition) is 7. The molecule has 2 aromatic carbocycles. The van der Waals surface area contributed by atoms with Crippen LogP contribution in [-0.4, -0.2) is 33.4 Å². The van der Waals surface area contributed by atoms with Gasteiger partial charge in [-0.1, -0.05) is 35.0 Å². The molecule has 168 valence electrons. The first-order valence-electron chi connectivity index (χ1n) is 9.33. The van der Waals surface area contributed by atoms with Crippen LogP contribution in [0.3, 0.4) is 0 Å². The summed E-state index contributed by atoms with van der Waals surface area (Å²) in [4.78, 5) is 17.1. The van der Waals surface area contributed by atoms with E-state index in [1.807, 2.05) is 12.1 Å². The Morgan fingerprint density at radius 2 is 1.88 bits per heavy atom. The number of nitrogens with one attached hydrogen (secondary N) is 1. The second-order valence-corrected chi connectivity index (χ2v) is 9.40. The van der Waals surface area contributed by atoms with Crippen LogP contribution in [0.4, 0.5) is 0 Å². The Labute approximate surface area is 207 Å². The fourth-order valence-electron chi connectivity index (χ4n) is 2.73. The van der Waals surface area contributed by atoms with Gasteiger partial charge < -0.3 is 14.3 Å². The molecule has 0 radical (unpaired) electrons. The predicted molar refractivity (Wildman–Crippen MR) is 129 cm³/mol. The number of thioether (sulfide) groups is 1. The highest BCUT2D eigenvalue weighted by Gasteiger charge is 2.17. The van der Waals surface area contributed by atoms with Crippen LogP contribution < -0.4 is 4.74 Å². The van der Waals surface area contributed by atoms with E-state index in [1.165, 1.54) is 24.9 Å². The number of benzene rings is 2. The van der Waals surface area contributed by atoms with E-state index < -0.39 is 5.97 Å². The zero-order valence-corrected chi connectivity index (χ0v) is 20.1. The Hall–Kier alpha value is -2.85. The van der Waals surface area contributed by atoms with E-state index >= 15 is 0 Å². The Bertz CT molecular complexity index is 1320. The minimum Gasteiger partial charge on any atom is -0.496 e. The van der Waals surface area contributed by atoms with Crippen molar-refractivity contribution in [2.75, 3.05) is 7.11 Å². The number of aromatic nitrogens is 3. The highest BCUT2D eigenvalue weighted by atomic mass is 35.5. The van der Waals surface area contributed by atoms with Gasteiger partial charge in [-0.05, 0) is 66.4 Å². The molecule has 7 nitrogen and oxygen atoms in total. The van der Waals surface area contributed by atoms with Crippen LogP contribution in [0.2, 0.25) is 10.0 Å². The number of aliphatic carboxylic acids is 1. The summed E-state index contributed by atoms with van der Waals surface area (Å²) in [6.07, 6.45) is 1.43. The van der Waals surface area contributed by atoms with Crippen molar-refractivity contribution in [3.63, 3.8) is 0 Å². The second-order valence-electron chi connectivity index (χ2n) is 6.44. The zero-order chi connectivity index (χ0) is 23.4. The molecule has 11 heteroatoms. The number of methoxy groups -OCH3 is 1. The molecule has 33 heavy (non-hydrogen) atoms. The maximum absolute atomic E-state index is 11.8. The summed E-state index contributed by atoms with van der Waals surface area (Å²) in [5, 5.41) is 18.6. The molecule has 2 heterocycles. The number of carboxylic acids is 1. The van der Waals surface area contributed by atoms with Gasteiger partial charge in [-0.25, -0.2) is 9.78 Å². The van der Waals surface area contributed by atoms with Gasteiger partial charge in [0.25, 0.3) is 0 Å². The molecule has 0 atom stereocenters. The molecule has 0 fully saturated rings. The lowest BCUT2D eigenvalue weighted by Gasteiger charge is -2.05. The molecule has 0 spiro atoms. The van der Waals surface area contributed by atoms with E-state index in [2.05, 4.69) is 15.2 Å². The summed E-state index contributed by atoms with van der Waals surface area (Å²) in [6, 6.07) is 15.9. The first-order valence-corrected chi connectivity index (χ1v) is 11.7. The van der Waals surface area contributed by atoms with E-state index in [0.717, 1.165) is 16.7 Å². The molecule has 4 aromatic rings. The fourth-order valence-corrected chi connectivity index (χ4v) is 4.49. The Balaban J connectivity index is 1.52.